The van der Waals surface area contributed by atoms with E-state index < -0.39 is 0 Å². The number of ether oxygens (including phenoxy) is 1. The molecule has 0 saturated carbocycles. The van der Waals surface area contributed by atoms with Crippen molar-refractivity contribution >= 4 is 17.5 Å². The van der Waals surface area contributed by atoms with E-state index >= 15 is 0 Å². The van der Waals surface area contributed by atoms with E-state index in [1.165, 1.54) is 0 Å². The fourth-order valence-electron chi connectivity index (χ4n) is 3.46. The Morgan fingerprint density at radius 3 is 2.26 bits per heavy atom. The maximum absolute atomic E-state index is 12.7. The average Bonchev–Trinajstić information content (AvgIpc) is 2.74. The lowest BCUT2D eigenvalue weighted by Crippen LogP contribution is -2.44. The van der Waals surface area contributed by atoms with Gasteiger partial charge < -0.3 is 14.5 Å². The minimum absolute atomic E-state index is 0.0276. The first-order valence-corrected chi connectivity index (χ1v) is 9.32. The Labute approximate surface area is 160 Å². The lowest BCUT2D eigenvalue weighted by atomic mass is 9.94. The molecular formula is C22H26N2O3. The summed E-state index contributed by atoms with van der Waals surface area (Å²) in [6.45, 7) is 1.27. The average molecular weight is 366 g/mol. The summed E-state index contributed by atoms with van der Waals surface area (Å²) in [5.74, 6) is 0.999. The van der Waals surface area contributed by atoms with Crippen molar-refractivity contribution in [2.75, 3.05) is 32.1 Å². The minimum atomic E-state index is -0.0276. The number of likely N-dealkylation sites (tertiary alicyclic amines) is 1. The van der Waals surface area contributed by atoms with E-state index in [0.29, 0.717) is 32.4 Å². The molecule has 0 bridgehead atoms. The monoisotopic (exact) mass is 366 g/mol. The van der Waals surface area contributed by atoms with Gasteiger partial charge in [0.1, 0.15) is 5.75 Å². The van der Waals surface area contributed by atoms with Crippen LogP contribution in [0.1, 0.15) is 18.4 Å². The van der Waals surface area contributed by atoms with Crippen LogP contribution >= 0.6 is 0 Å². The normalized spacial score (nSPS) is 14.7. The predicted octanol–water partition coefficient (Wildman–Crippen LogP) is 3.14. The molecule has 2 amide bonds. The number of nitrogens with zero attached hydrogens (tertiary/aromatic N) is 2. The zero-order valence-corrected chi connectivity index (χ0v) is 15.9. The zero-order valence-electron chi connectivity index (χ0n) is 15.9. The number of carbonyl (C=O) groups is 2. The summed E-state index contributed by atoms with van der Waals surface area (Å²) in [7, 11) is 3.44. The Morgan fingerprint density at radius 2 is 1.67 bits per heavy atom. The quantitative estimate of drug-likeness (QED) is 0.817. The summed E-state index contributed by atoms with van der Waals surface area (Å²) >= 11 is 0. The number of anilines is 1. The van der Waals surface area contributed by atoms with Crippen molar-refractivity contribution < 1.29 is 14.3 Å². The number of carbonyl (C=O) groups excluding carboxylic acids is 2. The molecule has 0 spiro atoms. The van der Waals surface area contributed by atoms with E-state index in [4.69, 9.17) is 4.74 Å². The molecule has 0 atom stereocenters. The topological polar surface area (TPSA) is 49.9 Å². The molecule has 0 unspecified atom stereocenters. The second-order valence-corrected chi connectivity index (χ2v) is 6.91. The van der Waals surface area contributed by atoms with Crippen LogP contribution in [0.15, 0.2) is 54.6 Å². The number of para-hydroxylation sites is 1. The summed E-state index contributed by atoms with van der Waals surface area (Å²) in [5, 5.41) is 0. The number of methoxy groups -OCH3 is 1. The van der Waals surface area contributed by atoms with Gasteiger partial charge in [-0.05, 0) is 42.7 Å². The van der Waals surface area contributed by atoms with E-state index in [1.54, 1.807) is 12.0 Å². The van der Waals surface area contributed by atoms with Crippen LogP contribution in [0.5, 0.6) is 5.75 Å². The molecule has 27 heavy (non-hydrogen) atoms. The van der Waals surface area contributed by atoms with Crippen LogP contribution in [0, 0.1) is 5.92 Å². The highest BCUT2D eigenvalue weighted by Crippen LogP contribution is 2.23. The fraction of sp³-hybridized carbons (Fsp3) is 0.364. The van der Waals surface area contributed by atoms with Crippen LogP contribution in [0.3, 0.4) is 0 Å². The summed E-state index contributed by atoms with van der Waals surface area (Å²) in [6, 6.07) is 17.2. The third-order valence-corrected chi connectivity index (χ3v) is 5.19. The molecular weight excluding hydrogens is 340 g/mol. The van der Waals surface area contributed by atoms with Crippen molar-refractivity contribution in [2.24, 2.45) is 5.92 Å². The number of amides is 2. The van der Waals surface area contributed by atoms with Gasteiger partial charge in [-0.25, -0.2) is 0 Å². The van der Waals surface area contributed by atoms with Gasteiger partial charge in [-0.2, -0.15) is 0 Å². The molecule has 0 aliphatic carbocycles. The standard InChI is InChI=1S/C22H26N2O3/c1-23(19-6-4-3-5-7-19)22(26)18-12-14-24(15-13-18)21(25)16-17-8-10-20(27-2)11-9-17/h3-11,18H,12-16H2,1-2H3. The Hall–Kier alpha value is -2.82. The van der Waals surface area contributed by atoms with E-state index in [2.05, 4.69) is 0 Å². The van der Waals surface area contributed by atoms with Crippen molar-refractivity contribution in [1.82, 2.24) is 4.90 Å². The lowest BCUT2D eigenvalue weighted by Gasteiger charge is -2.33. The minimum Gasteiger partial charge on any atom is -0.497 e. The zero-order chi connectivity index (χ0) is 19.2. The van der Waals surface area contributed by atoms with E-state index in [-0.39, 0.29) is 17.7 Å². The lowest BCUT2D eigenvalue weighted by molar-refractivity contribution is -0.134. The van der Waals surface area contributed by atoms with Crippen LogP contribution in [0.25, 0.3) is 0 Å². The second kappa shape index (κ2) is 8.71. The largest absolute Gasteiger partial charge is 0.497 e. The first kappa shape index (κ1) is 19.0. The number of hydrogen-bond donors (Lipinski definition) is 0. The molecule has 2 aromatic carbocycles. The second-order valence-electron chi connectivity index (χ2n) is 6.91. The number of piperidine rings is 1. The Bertz CT molecular complexity index is 766. The van der Waals surface area contributed by atoms with E-state index in [1.807, 2.05) is 66.5 Å². The van der Waals surface area contributed by atoms with E-state index in [0.717, 1.165) is 17.0 Å². The summed E-state index contributed by atoms with van der Waals surface area (Å²) in [5.41, 5.74) is 1.88. The summed E-state index contributed by atoms with van der Waals surface area (Å²) in [6.07, 6.45) is 1.81. The maximum atomic E-state index is 12.7. The predicted molar refractivity (Wildman–Crippen MR) is 106 cm³/mol. The van der Waals surface area contributed by atoms with Gasteiger partial charge in [-0.1, -0.05) is 30.3 Å². The van der Waals surface area contributed by atoms with Gasteiger partial charge in [0.15, 0.2) is 0 Å². The van der Waals surface area contributed by atoms with Crippen molar-refractivity contribution in [1.29, 1.82) is 0 Å². The van der Waals surface area contributed by atoms with Crippen molar-refractivity contribution in [2.45, 2.75) is 19.3 Å². The highest BCUT2D eigenvalue weighted by atomic mass is 16.5. The Balaban J connectivity index is 1.51. The molecule has 1 heterocycles. The van der Waals surface area contributed by atoms with Gasteiger partial charge in [-0.15, -0.1) is 0 Å². The molecule has 0 N–H and O–H groups in total. The molecule has 1 fully saturated rings. The van der Waals surface area contributed by atoms with E-state index in [9.17, 15) is 9.59 Å². The van der Waals surface area contributed by atoms with Crippen LogP contribution in [0.2, 0.25) is 0 Å². The SMILES string of the molecule is COc1ccc(CC(=O)N2CCC(C(=O)N(C)c3ccccc3)CC2)cc1. The van der Waals surface area contributed by atoms with Gasteiger partial charge in [-0.3, -0.25) is 9.59 Å². The van der Waals surface area contributed by atoms with Gasteiger partial charge in [0, 0.05) is 31.7 Å². The van der Waals surface area contributed by atoms with Crippen LogP contribution in [0.4, 0.5) is 5.69 Å². The molecule has 0 radical (unpaired) electrons. The molecule has 1 aliphatic heterocycles. The smallest absolute Gasteiger partial charge is 0.229 e. The Morgan fingerprint density at radius 1 is 1.04 bits per heavy atom. The summed E-state index contributed by atoms with van der Waals surface area (Å²) in [4.78, 5) is 28.9. The van der Waals surface area contributed by atoms with Crippen molar-refractivity contribution in [3.63, 3.8) is 0 Å². The molecule has 3 rings (SSSR count). The third kappa shape index (κ3) is 4.67. The van der Waals surface area contributed by atoms with Gasteiger partial charge in [0.25, 0.3) is 0 Å². The number of hydrogen-bond acceptors (Lipinski definition) is 3. The van der Waals surface area contributed by atoms with Gasteiger partial charge >= 0.3 is 0 Å². The van der Waals surface area contributed by atoms with Crippen LogP contribution in [-0.2, 0) is 16.0 Å². The van der Waals surface area contributed by atoms with Crippen LogP contribution < -0.4 is 9.64 Å². The molecule has 1 saturated heterocycles. The molecule has 142 valence electrons. The number of benzene rings is 2. The van der Waals surface area contributed by atoms with Crippen LogP contribution in [-0.4, -0.2) is 44.0 Å². The summed E-state index contributed by atoms with van der Waals surface area (Å²) < 4.78 is 5.14. The molecule has 2 aromatic rings. The van der Waals surface area contributed by atoms with Crippen molar-refractivity contribution in [3.8, 4) is 5.75 Å². The highest BCUT2D eigenvalue weighted by Gasteiger charge is 2.29. The highest BCUT2D eigenvalue weighted by molar-refractivity contribution is 5.94. The maximum Gasteiger partial charge on any atom is 0.229 e. The first-order valence-electron chi connectivity index (χ1n) is 9.32. The van der Waals surface area contributed by atoms with Gasteiger partial charge in [0.2, 0.25) is 11.8 Å². The van der Waals surface area contributed by atoms with Gasteiger partial charge in [0.05, 0.1) is 13.5 Å². The molecule has 0 aromatic heterocycles. The molecule has 5 heteroatoms. The first-order chi connectivity index (χ1) is 13.1. The Kier molecular flexibility index (Phi) is 6.12. The third-order valence-electron chi connectivity index (χ3n) is 5.19. The molecule has 5 nitrogen and oxygen atoms in total. The number of rotatable bonds is 5. The van der Waals surface area contributed by atoms with Crippen molar-refractivity contribution in [3.05, 3.63) is 60.2 Å². The molecule has 1 aliphatic rings. The fourth-order valence-corrected chi connectivity index (χ4v) is 3.46.